The van der Waals surface area contributed by atoms with E-state index in [1.165, 1.54) is 45.5 Å². The first-order valence-electron chi connectivity index (χ1n) is 25.5. The zero-order chi connectivity index (χ0) is 48.9. The quantitative estimate of drug-likeness (QED) is 0.0509. The van der Waals surface area contributed by atoms with Crippen molar-refractivity contribution in [2.24, 2.45) is 5.92 Å². The Morgan fingerprint density at radius 3 is 1.46 bits per heavy atom. The first kappa shape index (κ1) is 50.2. The summed E-state index contributed by atoms with van der Waals surface area (Å²) in [5, 5.41) is 3.36. The first-order valence-corrected chi connectivity index (χ1v) is 27.5. The lowest BCUT2D eigenvalue weighted by molar-refractivity contribution is -0.127. The number of nitrogens with zero attached hydrogens (tertiary/aromatic N) is 2. The van der Waals surface area contributed by atoms with Gasteiger partial charge in [-0.15, -0.1) is 23.5 Å². The average Bonchev–Trinajstić information content (AvgIpc) is 3.70. The lowest BCUT2D eigenvalue weighted by atomic mass is 9.73. The molecule has 1 N–H and O–H groups in total. The third kappa shape index (κ3) is 11.3. The third-order valence-corrected chi connectivity index (χ3v) is 18.0. The number of fused-ring (bicyclic) bond motifs is 2. The van der Waals surface area contributed by atoms with Gasteiger partial charge in [0.15, 0.2) is 0 Å². The number of benzene rings is 7. The van der Waals surface area contributed by atoms with E-state index in [4.69, 9.17) is 0 Å². The lowest BCUT2D eigenvalue weighted by Gasteiger charge is -2.44. The van der Waals surface area contributed by atoms with E-state index in [-0.39, 0.29) is 36.1 Å². The van der Waals surface area contributed by atoms with Crippen LogP contribution in [-0.4, -0.2) is 77.8 Å². The van der Waals surface area contributed by atoms with E-state index in [9.17, 15) is 14.0 Å². The van der Waals surface area contributed by atoms with Gasteiger partial charge in [0, 0.05) is 49.0 Å². The summed E-state index contributed by atoms with van der Waals surface area (Å²) in [6, 6.07) is 72.0. The Morgan fingerprint density at radius 1 is 0.592 bits per heavy atom. The molecule has 71 heavy (non-hydrogen) atoms. The second-order valence-corrected chi connectivity index (χ2v) is 21.6. The molecule has 2 bridgehead atoms. The second-order valence-electron chi connectivity index (χ2n) is 19.0. The third-order valence-electron chi connectivity index (χ3n) is 14.9. The van der Waals surface area contributed by atoms with Crippen LogP contribution in [0.1, 0.15) is 83.9 Å². The van der Waals surface area contributed by atoms with Crippen molar-refractivity contribution in [3.8, 4) is 0 Å². The summed E-state index contributed by atoms with van der Waals surface area (Å²) in [5.74, 6) is 1.57. The Labute approximate surface area is 429 Å². The van der Waals surface area contributed by atoms with Crippen LogP contribution in [-0.2, 0) is 19.1 Å². The summed E-state index contributed by atoms with van der Waals surface area (Å²) in [6.07, 6.45) is 4.35. The summed E-state index contributed by atoms with van der Waals surface area (Å²) in [5.41, 5.74) is 8.34. The molecule has 8 heteroatoms. The number of piperidine rings is 1. The highest BCUT2D eigenvalue weighted by Gasteiger charge is 2.49. The molecule has 0 spiro atoms. The van der Waals surface area contributed by atoms with Crippen LogP contribution < -0.4 is 5.32 Å². The SMILES string of the molecule is CCC(=O)C1C(c2ccc(F)cc2)CC2CCC1N2CCCN(CCSC(c1ccccc1)(c1ccccc1)c1ccccc1)CC(=O)NCCSC(c1ccccc1)(c1ccccc1)c1ccccc1. The highest BCUT2D eigenvalue weighted by molar-refractivity contribution is 8.00. The van der Waals surface area contributed by atoms with Crippen LogP contribution in [0.25, 0.3) is 0 Å². The molecule has 2 heterocycles. The Kier molecular flexibility index (Phi) is 17.0. The van der Waals surface area contributed by atoms with Gasteiger partial charge in [-0.2, -0.15) is 0 Å². The number of hydrogen-bond acceptors (Lipinski definition) is 6. The molecule has 9 rings (SSSR count). The minimum Gasteiger partial charge on any atom is -0.354 e. The number of nitrogens with one attached hydrogen (secondary N) is 1. The Hall–Kier alpha value is -5.77. The van der Waals surface area contributed by atoms with E-state index >= 15 is 0 Å². The number of hydrogen-bond donors (Lipinski definition) is 1. The van der Waals surface area contributed by atoms with Gasteiger partial charge in [-0.1, -0.05) is 201 Å². The molecule has 1 amide bonds. The van der Waals surface area contributed by atoms with Crippen molar-refractivity contribution in [3.63, 3.8) is 0 Å². The molecule has 2 aliphatic rings. The van der Waals surface area contributed by atoms with Crippen molar-refractivity contribution in [1.82, 2.24) is 15.1 Å². The highest BCUT2D eigenvalue weighted by Crippen LogP contribution is 2.51. The Balaban J connectivity index is 0.933. The van der Waals surface area contributed by atoms with Crippen LogP contribution in [0.4, 0.5) is 4.39 Å². The summed E-state index contributed by atoms with van der Waals surface area (Å²) in [6.45, 7) is 5.13. The number of carbonyl (C=O) groups excluding carboxylic acids is 2. The molecule has 364 valence electrons. The number of Topliss-reactive ketones (excluding diaryl/α,β-unsaturated/α-hetero) is 1. The lowest BCUT2D eigenvalue weighted by Crippen LogP contribution is -2.51. The second kappa shape index (κ2) is 24.1. The number of ketones is 1. The van der Waals surface area contributed by atoms with Gasteiger partial charge in [0.25, 0.3) is 0 Å². The maximum atomic E-state index is 14.3. The molecule has 2 saturated heterocycles. The van der Waals surface area contributed by atoms with E-state index in [1.54, 1.807) is 0 Å². The molecule has 2 fully saturated rings. The molecule has 7 aromatic carbocycles. The van der Waals surface area contributed by atoms with Gasteiger partial charge in [0.2, 0.25) is 5.91 Å². The number of halogens is 1. The van der Waals surface area contributed by atoms with E-state index in [1.807, 2.05) is 42.6 Å². The number of carbonyl (C=O) groups is 2. The van der Waals surface area contributed by atoms with Gasteiger partial charge >= 0.3 is 0 Å². The van der Waals surface area contributed by atoms with Gasteiger partial charge in [0.05, 0.1) is 16.0 Å². The molecule has 2 aliphatic heterocycles. The van der Waals surface area contributed by atoms with Gasteiger partial charge in [0.1, 0.15) is 11.6 Å². The van der Waals surface area contributed by atoms with Crippen molar-refractivity contribution < 1.29 is 14.0 Å². The standard InChI is InChI=1S/C63H66FN3O2S2/c1-2-59(68)61-57(48-34-36-55(64)37-35-48)46-56-38-39-58(61)67(56)42-21-41-66(43-45-71-63(52-28-15-6-16-29-52,53-30-17-7-18-31-53)54-32-19-8-20-33-54)47-60(69)65-40-44-70-62(49-22-9-3-10-23-49,50-24-11-4-12-25-50)51-26-13-5-14-27-51/h3-20,22-37,56-58,61H,2,21,38-47H2,1H3,(H,65,69). The molecule has 0 radical (unpaired) electrons. The number of amides is 1. The number of rotatable bonds is 23. The number of thioether (sulfide) groups is 2. The van der Waals surface area contributed by atoms with Crippen molar-refractivity contribution in [3.05, 3.63) is 251 Å². The van der Waals surface area contributed by atoms with Gasteiger partial charge in [-0.25, -0.2) is 4.39 Å². The minimum atomic E-state index is -0.466. The molecule has 4 unspecified atom stereocenters. The first-order chi connectivity index (χ1) is 34.9. The molecule has 5 nitrogen and oxygen atoms in total. The van der Waals surface area contributed by atoms with Crippen LogP contribution in [0.3, 0.4) is 0 Å². The zero-order valence-electron chi connectivity index (χ0n) is 40.8. The minimum absolute atomic E-state index is 0.0227. The summed E-state index contributed by atoms with van der Waals surface area (Å²) in [4.78, 5) is 33.0. The molecule has 0 aliphatic carbocycles. The average molecular weight is 980 g/mol. The predicted molar refractivity (Wildman–Crippen MR) is 293 cm³/mol. The Morgan fingerprint density at radius 2 is 1.03 bits per heavy atom. The van der Waals surface area contributed by atoms with Gasteiger partial charge < -0.3 is 5.32 Å². The smallest absolute Gasteiger partial charge is 0.234 e. The van der Waals surface area contributed by atoms with Crippen molar-refractivity contribution in [2.45, 2.75) is 66.5 Å². The van der Waals surface area contributed by atoms with E-state index < -0.39 is 9.49 Å². The van der Waals surface area contributed by atoms with Gasteiger partial charge in [-0.3, -0.25) is 19.4 Å². The van der Waals surface area contributed by atoms with E-state index in [0.717, 1.165) is 56.6 Å². The van der Waals surface area contributed by atoms with Crippen LogP contribution >= 0.6 is 23.5 Å². The monoisotopic (exact) mass is 979 g/mol. The van der Waals surface area contributed by atoms with Crippen LogP contribution in [0.2, 0.25) is 0 Å². The summed E-state index contributed by atoms with van der Waals surface area (Å²) < 4.78 is 13.1. The highest BCUT2D eigenvalue weighted by atomic mass is 32.2. The van der Waals surface area contributed by atoms with Crippen LogP contribution in [0, 0.1) is 11.7 Å². The molecule has 7 aromatic rings. The molecular formula is C63H66FN3O2S2. The largest absolute Gasteiger partial charge is 0.354 e. The summed E-state index contributed by atoms with van der Waals surface area (Å²) in [7, 11) is 0. The molecule has 4 atom stereocenters. The van der Waals surface area contributed by atoms with Crippen LogP contribution in [0.15, 0.2) is 206 Å². The van der Waals surface area contributed by atoms with E-state index in [0.29, 0.717) is 30.5 Å². The summed E-state index contributed by atoms with van der Waals surface area (Å²) >= 11 is 3.79. The fourth-order valence-electron chi connectivity index (χ4n) is 11.7. The maximum Gasteiger partial charge on any atom is 0.234 e. The van der Waals surface area contributed by atoms with Gasteiger partial charge in [-0.05, 0) is 95.8 Å². The maximum absolute atomic E-state index is 14.3. The van der Waals surface area contributed by atoms with Crippen LogP contribution in [0.5, 0.6) is 0 Å². The van der Waals surface area contributed by atoms with Crippen molar-refractivity contribution in [2.75, 3.05) is 44.2 Å². The zero-order valence-corrected chi connectivity index (χ0v) is 42.5. The fourth-order valence-corrected chi connectivity index (χ4v) is 14.6. The molecule has 0 saturated carbocycles. The Bertz CT molecular complexity index is 2540. The normalized spacial score (nSPS) is 18.1. The predicted octanol–water partition coefficient (Wildman–Crippen LogP) is 13.0. The topological polar surface area (TPSA) is 52.7 Å². The fraction of sp³-hybridized carbons (Fsp3) is 0.302. The molecular weight excluding hydrogens is 914 g/mol. The van der Waals surface area contributed by atoms with Crippen molar-refractivity contribution in [1.29, 1.82) is 0 Å². The van der Waals surface area contributed by atoms with Crippen molar-refractivity contribution >= 4 is 35.2 Å². The molecule has 0 aromatic heterocycles. The van der Waals surface area contributed by atoms with E-state index in [2.05, 4.69) is 197 Å².